The topological polar surface area (TPSA) is 88.1 Å². The summed E-state index contributed by atoms with van der Waals surface area (Å²) in [5.74, 6) is 0.988. The molecule has 0 spiro atoms. The van der Waals surface area contributed by atoms with Crippen LogP contribution >= 0.6 is 11.3 Å². The number of thiazole rings is 1. The van der Waals surface area contributed by atoms with Crippen LogP contribution in [0, 0.1) is 5.92 Å². The van der Waals surface area contributed by atoms with Crippen LogP contribution in [0.2, 0.25) is 0 Å². The molecule has 2 fully saturated rings. The van der Waals surface area contributed by atoms with Crippen molar-refractivity contribution in [2.45, 2.75) is 6.42 Å². The Morgan fingerprint density at radius 3 is 2.78 bits per heavy atom. The van der Waals surface area contributed by atoms with Gasteiger partial charge >= 0.3 is 0 Å². The van der Waals surface area contributed by atoms with Crippen LogP contribution in [0.1, 0.15) is 6.42 Å². The molecule has 1 aromatic carbocycles. The molecule has 0 aliphatic carbocycles. The van der Waals surface area contributed by atoms with Crippen molar-refractivity contribution in [1.82, 2.24) is 14.9 Å². The van der Waals surface area contributed by atoms with Crippen molar-refractivity contribution < 1.29 is 19.1 Å². The quantitative estimate of drug-likeness (QED) is 0.603. The summed E-state index contributed by atoms with van der Waals surface area (Å²) in [6.07, 6.45) is 2.01. The maximum absolute atomic E-state index is 13.2. The number of hydrogen-bond donors (Lipinski definition) is 0. The second kappa shape index (κ2) is 7.63. The Bertz CT molecular complexity index is 1170. The second-order valence-electron chi connectivity index (χ2n) is 8.08. The Morgan fingerprint density at radius 2 is 1.94 bits per heavy atom. The van der Waals surface area contributed by atoms with Gasteiger partial charge in [0.25, 0.3) is 0 Å². The third-order valence-corrected chi connectivity index (χ3v) is 7.20. The van der Waals surface area contributed by atoms with Gasteiger partial charge in [-0.25, -0.2) is 9.97 Å². The molecule has 2 amide bonds. The van der Waals surface area contributed by atoms with Gasteiger partial charge in [-0.2, -0.15) is 0 Å². The van der Waals surface area contributed by atoms with Crippen LogP contribution < -0.4 is 19.3 Å². The molecule has 0 saturated carbocycles. The molecule has 0 bridgehead atoms. The van der Waals surface area contributed by atoms with Gasteiger partial charge in [0.1, 0.15) is 10.3 Å². The Balaban J connectivity index is 1.10. The minimum Gasteiger partial charge on any atom is -0.454 e. The molecule has 0 radical (unpaired) electrons. The number of anilines is 2. The summed E-state index contributed by atoms with van der Waals surface area (Å²) in [6, 6.07) is 9.29. The largest absolute Gasteiger partial charge is 0.454 e. The lowest BCUT2D eigenvalue weighted by Crippen LogP contribution is -2.50. The lowest BCUT2D eigenvalue weighted by molar-refractivity contribution is -0.136. The van der Waals surface area contributed by atoms with Crippen molar-refractivity contribution in [2.75, 3.05) is 49.3 Å². The first kappa shape index (κ1) is 19.3. The lowest BCUT2D eigenvalue weighted by Gasteiger charge is -2.35. The fourth-order valence-corrected chi connectivity index (χ4v) is 5.41. The highest BCUT2D eigenvalue weighted by Gasteiger charge is 2.38. The van der Waals surface area contributed by atoms with Crippen LogP contribution in [0.25, 0.3) is 10.3 Å². The summed E-state index contributed by atoms with van der Waals surface area (Å²) in [5, 5.41) is 0.941. The molecule has 1 unspecified atom stereocenters. The summed E-state index contributed by atoms with van der Waals surface area (Å²) in [5.41, 5.74) is 1.64. The predicted molar refractivity (Wildman–Crippen MR) is 119 cm³/mol. The fourth-order valence-electron chi connectivity index (χ4n) is 4.45. The number of hydrogen-bond acceptors (Lipinski definition) is 8. The van der Waals surface area contributed by atoms with Gasteiger partial charge in [0.15, 0.2) is 16.6 Å². The number of rotatable bonds is 3. The third-order valence-electron chi connectivity index (χ3n) is 6.16. The highest BCUT2D eigenvalue weighted by Crippen LogP contribution is 2.37. The van der Waals surface area contributed by atoms with Gasteiger partial charge in [-0.3, -0.25) is 9.59 Å². The average Bonchev–Trinajstić information content (AvgIpc) is 3.56. The van der Waals surface area contributed by atoms with Crippen molar-refractivity contribution in [2.24, 2.45) is 5.92 Å². The van der Waals surface area contributed by atoms with Crippen molar-refractivity contribution in [3.05, 3.63) is 36.5 Å². The summed E-state index contributed by atoms with van der Waals surface area (Å²) in [6.45, 7) is 3.26. The van der Waals surface area contributed by atoms with E-state index in [0.29, 0.717) is 31.1 Å². The molecule has 2 saturated heterocycles. The normalized spacial score (nSPS) is 20.4. The molecule has 10 heteroatoms. The van der Waals surface area contributed by atoms with Crippen LogP contribution in [0.4, 0.5) is 10.8 Å². The summed E-state index contributed by atoms with van der Waals surface area (Å²) < 4.78 is 10.8. The smallest absolute Gasteiger partial charge is 0.231 e. The zero-order chi connectivity index (χ0) is 21.7. The number of pyridine rings is 1. The second-order valence-corrected chi connectivity index (χ2v) is 9.04. The van der Waals surface area contributed by atoms with Crippen LogP contribution in [-0.4, -0.2) is 66.2 Å². The molecule has 3 aliphatic heterocycles. The highest BCUT2D eigenvalue weighted by molar-refractivity contribution is 7.21. The van der Waals surface area contributed by atoms with E-state index in [1.165, 1.54) is 0 Å². The number of benzene rings is 1. The van der Waals surface area contributed by atoms with Crippen LogP contribution in [0.5, 0.6) is 11.5 Å². The molecule has 5 heterocycles. The van der Waals surface area contributed by atoms with Gasteiger partial charge in [-0.05, 0) is 24.3 Å². The standard InChI is InChI=1S/C22H21N5O4S/c28-19-10-14(12-27(19)15-3-4-17-18(11-15)31-13-30-17)21(29)25-6-8-26(9-7-25)22-24-16-2-1-5-23-20(16)32-22/h1-5,11,14H,6-10,12-13H2. The van der Waals surface area contributed by atoms with Gasteiger partial charge in [0.2, 0.25) is 18.6 Å². The minimum absolute atomic E-state index is 0.0390. The number of carbonyl (C=O) groups excluding carboxylic acids is 2. The Morgan fingerprint density at radius 1 is 1.09 bits per heavy atom. The maximum Gasteiger partial charge on any atom is 0.231 e. The first-order chi connectivity index (χ1) is 15.7. The molecule has 1 atom stereocenters. The van der Waals surface area contributed by atoms with Gasteiger partial charge in [-0.15, -0.1) is 0 Å². The van der Waals surface area contributed by atoms with Crippen LogP contribution in [-0.2, 0) is 9.59 Å². The van der Waals surface area contributed by atoms with E-state index in [4.69, 9.17) is 9.47 Å². The van der Waals surface area contributed by atoms with Crippen molar-refractivity contribution in [1.29, 1.82) is 0 Å². The zero-order valence-electron chi connectivity index (χ0n) is 17.3. The van der Waals surface area contributed by atoms with Gasteiger partial charge in [-0.1, -0.05) is 11.3 Å². The van der Waals surface area contributed by atoms with E-state index < -0.39 is 0 Å². The number of amides is 2. The van der Waals surface area contributed by atoms with E-state index in [1.54, 1.807) is 34.6 Å². The highest BCUT2D eigenvalue weighted by atomic mass is 32.1. The van der Waals surface area contributed by atoms with Crippen LogP contribution in [0.3, 0.4) is 0 Å². The van der Waals surface area contributed by atoms with Crippen LogP contribution in [0.15, 0.2) is 36.5 Å². The van der Waals surface area contributed by atoms with E-state index in [2.05, 4.69) is 14.9 Å². The van der Waals surface area contributed by atoms with E-state index in [-0.39, 0.29) is 30.9 Å². The predicted octanol–water partition coefficient (Wildman–Crippen LogP) is 2.12. The number of piperazine rings is 1. The third kappa shape index (κ3) is 3.31. The monoisotopic (exact) mass is 451 g/mol. The molecule has 3 aromatic rings. The minimum atomic E-state index is -0.328. The molecule has 164 valence electrons. The average molecular weight is 452 g/mol. The SMILES string of the molecule is O=C(C1CC(=O)N(c2ccc3c(c2)OCO3)C1)N1CCN(c2nc3cccnc3s2)CC1. The van der Waals surface area contributed by atoms with Gasteiger partial charge < -0.3 is 24.2 Å². The molecular weight excluding hydrogens is 430 g/mol. The van der Waals surface area contributed by atoms with E-state index in [9.17, 15) is 9.59 Å². The van der Waals surface area contributed by atoms with E-state index >= 15 is 0 Å². The first-order valence-corrected chi connectivity index (χ1v) is 11.4. The number of aromatic nitrogens is 2. The summed E-state index contributed by atoms with van der Waals surface area (Å²) in [4.78, 5) is 41.5. The summed E-state index contributed by atoms with van der Waals surface area (Å²) in [7, 11) is 0. The molecule has 3 aliphatic rings. The van der Waals surface area contributed by atoms with E-state index in [0.717, 1.165) is 34.3 Å². The number of nitrogens with zero attached hydrogens (tertiary/aromatic N) is 5. The van der Waals surface area contributed by atoms with E-state index in [1.807, 2.05) is 23.1 Å². The number of ether oxygens (including phenoxy) is 2. The Hall–Kier alpha value is -3.40. The summed E-state index contributed by atoms with van der Waals surface area (Å²) >= 11 is 1.58. The molecule has 32 heavy (non-hydrogen) atoms. The molecule has 9 nitrogen and oxygen atoms in total. The number of fused-ring (bicyclic) bond motifs is 2. The lowest BCUT2D eigenvalue weighted by atomic mass is 10.1. The molecule has 6 rings (SSSR count). The Kier molecular flexibility index (Phi) is 4.60. The molecule has 2 aromatic heterocycles. The zero-order valence-corrected chi connectivity index (χ0v) is 18.1. The number of carbonyl (C=O) groups is 2. The van der Waals surface area contributed by atoms with Gasteiger partial charge in [0, 0.05) is 57.1 Å². The maximum atomic E-state index is 13.2. The molecular formula is C22H21N5O4S. The van der Waals surface area contributed by atoms with Crippen molar-refractivity contribution >= 4 is 44.3 Å². The fraction of sp³-hybridized carbons (Fsp3) is 0.364. The first-order valence-electron chi connectivity index (χ1n) is 10.6. The molecule has 0 N–H and O–H groups in total. The van der Waals surface area contributed by atoms with Crippen molar-refractivity contribution in [3.63, 3.8) is 0 Å². The van der Waals surface area contributed by atoms with Crippen molar-refractivity contribution in [3.8, 4) is 11.5 Å². The Labute approximate surface area is 188 Å². The van der Waals surface area contributed by atoms with Gasteiger partial charge in [0.05, 0.1) is 5.92 Å².